The van der Waals surface area contributed by atoms with Crippen LogP contribution in [0, 0.1) is 5.82 Å². The standard InChI is InChI=1S/C12H13ClFNO5S/c13-11-9(12(17)18)4-8(5-10(11)14)21(19,20)15-3-1-2-7(16)6-15/h4-5,7,16H,1-3,6H2,(H,17,18)/t7-/m0/s1. The molecule has 6 nitrogen and oxygen atoms in total. The normalized spacial score (nSPS) is 20.4. The Balaban J connectivity index is 2.47. The third-order valence-electron chi connectivity index (χ3n) is 3.23. The van der Waals surface area contributed by atoms with E-state index < -0.39 is 43.4 Å². The van der Waals surface area contributed by atoms with Crippen molar-refractivity contribution in [2.75, 3.05) is 13.1 Å². The van der Waals surface area contributed by atoms with Crippen LogP contribution in [0.5, 0.6) is 0 Å². The zero-order chi connectivity index (χ0) is 15.8. The van der Waals surface area contributed by atoms with E-state index >= 15 is 0 Å². The van der Waals surface area contributed by atoms with Gasteiger partial charge < -0.3 is 10.2 Å². The highest BCUT2D eigenvalue weighted by Gasteiger charge is 2.31. The van der Waals surface area contributed by atoms with Crippen LogP contribution in [0.3, 0.4) is 0 Å². The quantitative estimate of drug-likeness (QED) is 0.867. The summed E-state index contributed by atoms with van der Waals surface area (Å²) in [6.45, 7) is 0.0844. The molecule has 1 aliphatic heterocycles. The predicted molar refractivity (Wildman–Crippen MR) is 72.4 cm³/mol. The van der Waals surface area contributed by atoms with Crippen molar-refractivity contribution in [2.45, 2.75) is 23.8 Å². The highest BCUT2D eigenvalue weighted by Crippen LogP contribution is 2.27. The van der Waals surface area contributed by atoms with Gasteiger partial charge in [-0.3, -0.25) is 0 Å². The number of carbonyl (C=O) groups is 1. The summed E-state index contributed by atoms with van der Waals surface area (Å²) in [6.07, 6.45) is 0.175. The molecule has 21 heavy (non-hydrogen) atoms. The fourth-order valence-electron chi connectivity index (χ4n) is 2.16. The first kappa shape index (κ1) is 16.2. The fourth-order valence-corrected chi connectivity index (χ4v) is 3.90. The van der Waals surface area contributed by atoms with Crippen LogP contribution in [-0.4, -0.2) is 48.1 Å². The van der Waals surface area contributed by atoms with E-state index in [0.29, 0.717) is 18.9 Å². The molecule has 1 heterocycles. The fraction of sp³-hybridized carbons (Fsp3) is 0.417. The lowest BCUT2D eigenvalue weighted by molar-refractivity contribution is 0.0696. The number of halogens is 2. The second-order valence-corrected chi connectivity index (χ2v) is 7.05. The number of sulfonamides is 1. The maximum absolute atomic E-state index is 13.6. The largest absolute Gasteiger partial charge is 0.478 e. The molecule has 1 saturated heterocycles. The summed E-state index contributed by atoms with van der Waals surface area (Å²) in [4.78, 5) is 10.5. The van der Waals surface area contributed by atoms with Crippen molar-refractivity contribution in [1.29, 1.82) is 0 Å². The van der Waals surface area contributed by atoms with Gasteiger partial charge in [-0.2, -0.15) is 4.31 Å². The van der Waals surface area contributed by atoms with Gasteiger partial charge in [-0.25, -0.2) is 17.6 Å². The van der Waals surface area contributed by atoms with E-state index in [4.69, 9.17) is 16.7 Å². The van der Waals surface area contributed by atoms with Crippen LogP contribution in [0.25, 0.3) is 0 Å². The Morgan fingerprint density at radius 2 is 2.10 bits per heavy atom. The Labute approximate surface area is 125 Å². The van der Waals surface area contributed by atoms with Gasteiger partial charge in [-0.1, -0.05) is 11.6 Å². The number of β-amino-alcohol motifs (C(OH)–C–C–N with tert-alkyl or cyclic N) is 1. The lowest BCUT2D eigenvalue weighted by Gasteiger charge is -2.29. The molecule has 2 rings (SSSR count). The van der Waals surface area contributed by atoms with Gasteiger partial charge in [0.25, 0.3) is 0 Å². The molecule has 1 fully saturated rings. The van der Waals surface area contributed by atoms with Gasteiger partial charge >= 0.3 is 5.97 Å². The Hall–Kier alpha value is -1.22. The number of aliphatic hydroxyl groups excluding tert-OH is 1. The molecule has 1 atom stereocenters. The number of aliphatic hydroxyl groups is 1. The van der Waals surface area contributed by atoms with Crippen LogP contribution in [0.2, 0.25) is 5.02 Å². The van der Waals surface area contributed by atoms with Gasteiger partial charge in [0.2, 0.25) is 10.0 Å². The Morgan fingerprint density at radius 3 is 2.67 bits per heavy atom. The minimum Gasteiger partial charge on any atom is -0.478 e. The Bertz CT molecular complexity index is 678. The average molecular weight is 338 g/mol. The van der Waals surface area contributed by atoms with Crippen LogP contribution in [0.4, 0.5) is 4.39 Å². The van der Waals surface area contributed by atoms with Gasteiger partial charge in [0.15, 0.2) is 0 Å². The van der Waals surface area contributed by atoms with Crippen molar-refractivity contribution >= 4 is 27.6 Å². The zero-order valence-electron chi connectivity index (χ0n) is 10.8. The van der Waals surface area contributed by atoms with Crippen LogP contribution in [0.1, 0.15) is 23.2 Å². The molecule has 0 radical (unpaired) electrons. The molecular formula is C12H13ClFNO5S. The number of benzene rings is 1. The second kappa shape index (κ2) is 5.88. The van der Waals surface area contributed by atoms with E-state index in [1.165, 1.54) is 0 Å². The molecule has 0 aromatic heterocycles. The van der Waals surface area contributed by atoms with Crippen molar-refractivity contribution in [3.63, 3.8) is 0 Å². The highest BCUT2D eigenvalue weighted by atomic mass is 35.5. The predicted octanol–water partition coefficient (Wildman–Crippen LogP) is 1.32. The number of carboxylic acid groups (broad SMARTS) is 1. The molecule has 116 valence electrons. The van der Waals surface area contributed by atoms with Crippen molar-refractivity contribution < 1.29 is 27.8 Å². The molecule has 0 aliphatic carbocycles. The number of aromatic carboxylic acids is 1. The molecule has 1 aromatic carbocycles. The summed E-state index contributed by atoms with van der Waals surface area (Å²) in [7, 11) is -4.08. The lowest BCUT2D eigenvalue weighted by Crippen LogP contribution is -2.42. The molecule has 9 heteroatoms. The molecule has 1 aromatic rings. The van der Waals surface area contributed by atoms with Crippen molar-refractivity contribution in [2.24, 2.45) is 0 Å². The highest BCUT2D eigenvalue weighted by molar-refractivity contribution is 7.89. The van der Waals surface area contributed by atoms with Crippen molar-refractivity contribution in [3.05, 3.63) is 28.5 Å². The molecule has 0 saturated carbocycles. The molecule has 2 N–H and O–H groups in total. The van der Waals surface area contributed by atoms with Gasteiger partial charge in [-0.15, -0.1) is 0 Å². The smallest absolute Gasteiger partial charge is 0.337 e. The van der Waals surface area contributed by atoms with Crippen LogP contribution < -0.4 is 0 Å². The number of nitrogens with zero attached hydrogens (tertiary/aromatic N) is 1. The van der Waals surface area contributed by atoms with Gasteiger partial charge in [-0.05, 0) is 25.0 Å². The third kappa shape index (κ3) is 3.18. The van der Waals surface area contributed by atoms with E-state index in [2.05, 4.69) is 0 Å². The topological polar surface area (TPSA) is 94.9 Å². The minimum absolute atomic E-state index is 0.102. The van der Waals surface area contributed by atoms with Gasteiger partial charge in [0.1, 0.15) is 5.82 Å². The van der Waals surface area contributed by atoms with E-state index in [1.54, 1.807) is 0 Å². The third-order valence-corrected chi connectivity index (χ3v) is 5.46. The van der Waals surface area contributed by atoms with E-state index in [1.807, 2.05) is 0 Å². The summed E-state index contributed by atoms with van der Waals surface area (Å²) in [5.74, 6) is -2.64. The molecule has 0 unspecified atom stereocenters. The zero-order valence-corrected chi connectivity index (χ0v) is 12.4. The van der Waals surface area contributed by atoms with Gasteiger partial charge in [0.05, 0.1) is 21.6 Å². The van der Waals surface area contributed by atoms with E-state index in [9.17, 15) is 22.7 Å². The Morgan fingerprint density at radius 1 is 1.43 bits per heavy atom. The van der Waals surface area contributed by atoms with E-state index in [0.717, 1.165) is 10.4 Å². The average Bonchev–Trinajstić information content (AvgIpc) is 2.41. The number of piperidine rings is 1. The van der Waals surface area contributed by atoms with Crippen LogP contribution in [-0.2, 0) is 10.0 Å². The molecular weight excluding hydrogens is 325 g/mol. The summed E-state index contributed by atoms with van der Waals surface area (Å²) in [6, 6.07) is 1.51. The minimum atomic E-state index is -4.08. The maximum atomic E-state index is 13.6. The van der Waals surface area contributed by atoms with Gasteiger partial charge in [0, 0.05) is 13.1 Å². The Kier molecular flexibility index (Phi) is 4.52. The van der Waals surface area contributed by atoms with Crippen molar-refractivity contribution in [3.8, 4) is 0 Å². The monoisotopic (exact) mass is 337 g/mol. The molecule has 0 amide bonds. The summed E-state index contributed by atoms with van der Waals surface area (Å²) < 4.78 is 39.4. The molecule has 0 spiro atoms. The molecule has 0 bridgehead atoms. The number of carboxylic acids is 1. The van der Waals surface area contributed by atoms with Crippen LogP contribution >= 0.6 is 11.6 Å². The summed E-state index contributed by atoms with van der Waals surface area (Å²) in [5, 5.41) is 17.8. The first-order chi connectivity index (χ1) is 9.73. The first-order valence-electron chi connectivity index (χ1n) is 6.14. The number of hydrogen-bond donors (Lipinski definition) is 2. The number of hydrogen-bond acceptors (Lipinski definition) is 4. The summed E-state index contributed by atoms with van der Waals surface area (Å²) in [5.41, 5.74) is -0.618. The maximum Gasteiger partial charge on any atom is 0.337 e. The van der Waals surface area contributed by atoms with Crippen LogP contribution in [0.15, 0.2) is 17.0 Å². The SMILES string of the molecule is O=C(O)c1cc(S(=O)(=O)N2CCC[C@H](O)C2)cc(F)c1Cl. The summed E-state index contributed by atoms with van der Waals surface area (Å²) >= 11 is 5.51. The van der Waals surface area contributed by atoms with E-state index in [-0.39, 0.29) is 13.1 Å². The molecule has 1 aliphatic rings. The number of rotatable bonds is 3. The first-order valence-corrected chi connectivity index (χ1v) is 7.96. The second-order valence-electron chi connectivity index (χ2n) is 4.73. The van der Waals surface area contributed by atoms with Crippen molar-refractivity contribution in [1.82, 2.24) is 4.31 Å². The lowest BCUT2D eigenvalue weighted by atomic mass is 10.1.